The minimum absolute atomic E-state index is 0.0708. The molecule has 164 valence electrons. The maximum absolute atomic E-state index is 13.6. The normalized spacial score (nSPS) is 14.4. The van der Waals surface area contributed by atoms with E-state index in [0.29, 0.717) is 9.98 Å². The van der Waals surface area contributed by atoms with Crippen LogP contribution in [0.2, 0.25) is 0 Å². The molecule has 0 saturated carbocycles. The van der Waals surface area contributed by atoms with Crippen LogP contribution in [0.1, 0.15) is 27.0 Å². The molecule has 3 aromatic carbocycles. The van der Waals surface area contributed by atoms with Crippen molar-refractivity contribution >= 4 is 31.8 Å². The van der Waals surface area contributed by atoms with Gasteiger partial charge in [0.05, 0.1) is 4.90 Å². The molecule has 0 aromatic heterocycles. The minimum atomic E-state index is -4.43. The van der Waals surface area contributed by atoms with Crippen LogP contribution < -0.4 is 5.43 Å². The zero-order valence-corrected chi connectivity index (χ0v) is 18.8. The van der Waals surface area contributed by atoms with Crippen LogP contribution in [0.5, 0.6) is 0 Å². The molecule has 1 aliphatic rings. The Morgan fingerprint density at radius 2 is 1.59 bits per heavy atom. The number of nitrogens with zero attached hydrogens (tertiary/aromatic N) is 2. The Labute approximate surface area is 186 Å². The fraction of sp³-hybridized carbons (Fsp3) is 0.0909. The highest BCUT2D eigenvalue weighted by Crippen LogP contribution is 2.27. The van der Waals surface area contributed by atoms with Gasteiger partial charge in [0.2, 0.25) is 0 Å². The molecule has 0 bridgehead atoms. The molecule has 0 aliphatic carbocycles. The summed E-state index contributed by atoms with van der Waals surface area (Å²) in [6.45, 7) is 3.45. The summed E-state index contributed by atoms with van der Waals surface area (Å²) < 4.78 is 56.1. The quantitative estimate of drug-likeness (QED) is 0.590. The molecule has 3 aromatic rings. The SMILES string of the molecule is Cc1ccc(S(=O)(=O)N(NC2=NS(=O)(=O)c3ccccc32)C(=O)c2ccccc2)c(C)c1. The Kier molecular flexibility index (Phi) is 5.35. The number of carbonyl (C=O) groups is 1. The van der Waals surface area contributed by atoms with Crippen LogP contribution >= 0.6 is 0 Å². The van der Waals surface area contributed by atoms with E-state index in [-0.39, 0.29) is 26.8 Å². The van der Waals surface area contributed by atoms with E-state index in [1.54, 1.807) is 43.3 Å². The van der Waals surface area contributed by atoms with Gasteiger partial charge in [-0.3, -0.25) is 10.2 Å². The van der Waals surface area contributed by atoms with Crippen LogP contribution in [0.3, 0.4) is 0 Å². The monoisotopic (exact) mass is 469 g/mol. The van der Waals surface area contributed by atoms with Gasteiger partial charge < -0.3 is 0 Å². The molecular formula is C22H19N3O5S2. The molecule has 1 aliphatic heterocycles. The zero-order valence-electron chi connectivity index (χ0n) is 17.2. The van der Waals surface area contributed by atoms with Gasteiger partial charge >= 0.3 is 0 Å². The van der Waals surface area contributed by atoms with Crippen molar-refractivity contribution in [1.29, 1.82) is 0 Å². The van der Waals surface area contributed by atoms with Crippen molar-refractivity contribution in [2.75, 3.05) is 0 Å². The van der Waals surface area contributed by atoms with E-state index in [0.717, 1.165) is 5.56 Å². The van der Waals surface area contributed by atoms with Crippen molar-refractivity contribution in [3.8, 4) is 0 Å². The van der Waals surface area contributed by atoms with Crippen molar-refractivity contribution in [2.24, 2.45) is 4.40 Å². The Bertz CT molecular complexity index is 1460. The number of hydrogen-bond donors (Lipinski definition) is 1. The number of hydrogen-bond acceptors (Lipinski definition) is 6. The summed E-state index contributed by atoms with van der Waals surface area (Å²) >= 11 is 0. The third-order valence-electron chi connectivity index (χ3n) is 4.89. The number of amides is 1. The zero-order chi connectivity index (χ0) is 23.1. The molecule has 1 N–H and O–H groups in total. The summed E-state index contributed by atoms with van der Waals surface area (Å²) in [5.41, 5.74) is 4.05. The summed E-state index contributed by atoms with van der Waals surface area (Å²) in [4.78, 5) is 13.1. The van der Waals surface area contributed by atoms with Crippen molar-refractivity contribution in [3.63, 3.8) is 0 Å². The van der Waals surface area contributed by atoms with Crippen LogP contribution in [-0.2, 0) is 20.0 Å². The second kappa shape index (κ2) is 7.88. The fourth-order valence-corrected chi connectivity index (χ4v) is 5.99. The number of nitrogens with one attached hydrogen (secondary N) is 1. The van der Waals surface area contributed by atoms with Gasteiger partial charge in [-0.05, 0) is 49.7 Å². The van der Waals surface area contributed by atoms with E-state index >= 15 is 0 Å². The largest absolute Gasteiger partial charge is 0.286 e. The molecule has 0 spiro atoms. The Hall–Kier alpha value is -3.50. The van der Waals surface area contributed by atoms with Gasteiger partial charge in [-0.25, -0.2) is 0 Å². The molecule has 0 saturated heterocycles. The number of amidine groups is 1. The van der Waals surface area contributed by atoms with Gasteiger partial charge in [-0.2, -0.15) is 16.8 Å². The van der Waals surface area contributed by atoms with Gasteiger partial charge in [0.15, 0.2) is 5.84 Å². The molecule has 1 amide bonds. The van der Waals surface area contributed by atoms with E-state index < -0.39 is 26.0 Å². The molecule has 1 heterocycles. The highest BCUT2D eigenvalue weighted by Gasteiger charge is 2.36. The Balaban J connectivity index is 1.85. The number of aryl methyl sites for hydroxylation is 2. The molecule has 32 heavy (non-hydrogen) atoms. The molecule has 0 radical (unpaired) electrons. The van der Waals surface area contributed by atoms with Gasteiger partial charge in [-0.15, -0.1) is 8.81 Å². The number of carbonyl (C=O) groups excluding carboxylic acids is 1. The van der Waals surface area contributed by atoms with Crippen molar-refractivity contribution in [1.82, 2.24) is 9.84 Å². The lowest BCUT2D eigenvalue weighted by Crippen LogP contribution is -2.49. The first-order chi connectivity index (χ1) is 15.1. The molecule has 10 heteroatoms. The highest BCUT2D eigenvalue weighted by molar-refractivity contribution is 7.91. The van der Waals surface area contributed by atoms with E-state index in [2.05, 4.69) is 9.82 Å². The van der Waals surface area contributed by atoms with E-state index in [9.17, 15) is 21.6 Å². The van der Waals surface area contributed by atoms with Crippen molar-refractivity contribution < 1.29 is 21.6 Å². The number of hydrazine groups is 1. The average Bonchev–Trinajstić information content (AvgIpc) is 3.02. The molecule has 0 atom stereocenters. The first-order valence-corrected chi connectivity index (χ1v) is 12.4. The Morgan fingerprint density at radius 1 is 0.938 bits per heavy atom. The number of benzene rings is 3. The molecule has 4 rings (SSSR count). The van der Waals surface area contributed by atoms with Crippen LogP contribution in [0.4, 0.5) is 0 Å². The van der Waals surface area contributed by atoms with Crippen molar-refractivity contribution in [2.45, 2.75) is 23.6 Å². The van der Waals surface area contributed by atoms with Gasteiger partial charge in [0.25, 0.3) is 26.0 Å². The highest BCUT2D eigenvalue weighted by atomic mass is 32.2. The lowest BCUT2D eigenvalue weighted by Gasteiger charge is -2.24. The molecular weight excluding hydrogens is 450 g/mol. The maximum atomic E-state index is 13.6. The summed E-state index contributed by atoms with van der Waals surface area (Å²) in [6.07, 6.45) is 0. The van der Waals surface area contributed by atoms with E-state index in [1.807, 2.05) is 6.92 Å². The topological polar surface area (TPSA) is 113 Å². The maximum Gasteiger partial charge on any atom is 0.286 e. The molecule has 8 nitrogen and oxygen atoms in total. The molecule has 0 unspecified atom stereocenters. The fourth-order valence-electron chi connectivity index (χ4n) is 3.39. The summed E-state index contributed by atoms with van der Waals surface area (Å²) in [6, 6.07) is 18.5. The number of sulfonamides is 2. The van der Waals surface area contributed by atoms with Crippen LogP contribution in [0.15, 0.2) is 87.0 Å². The molecule has 0 fully saturated rings. The van der Waals surface area contributed by atoms with Gasteiger partial charge in [0.1, 0.15) is 4.90 Å². The first kappa shape index (κ1) is 21.7. The van der Waals surface area contributed by atoms with Crippen LogP contribution in [0.25, 0.3) is 0 Å². The predicted octanol–water partition coefficient (Wildman–Crippen LogP) is 2.79. The first-order valence-electron chi connectivity index (χ1n) is 9.54. The lowest BCUT2D eigenvalue weighted by atomic mass is 10.2. The third kappa shape index (κ3) is 3.78. The van der Waals surface area contributed by atoms with Crippen molar-refractivity contribution in [3.05, 3.63) is 95.1 Å². The summed E-state index contributed by atoms with van der Waals surface area (Å²) in [7, 11) is -8.45. The second-order valence-corrected chi connectivity index (χ2v) is 10.6. The van der Waals surface area contributed by atoms with Gasteiger partial charge in [-0.1, -0.05) is 48.0 Å². The van der Waals surface area contributed by atoms with Crippen LogP contribution in [0, 0.1) is 13.8 Å². The lowest BCUT2D eigenvalue weighted by molar-refractivity contribution is 0.0838. The second-order valence-electron chi connectivity index (χ2n) is 7.23. The summed E-state index contributed by atoms with van der Waals surface area (Å²) in [5.74, 6) is -1.13. The average molecular weight is 470 g/mol. The van der Waals surface area contributed by atoms with Gasteiger partial charge in [0, 0.05) is 11.1 Å². The Morgan fingerprint density at radius 3 is 2.28 bits per heavy atom. The number of fused-ring (bicyclic) bond motifs is 1. The standard InChI is InChI=1S/C22H19N3O5S2/c1-15-12-13-19(16(2)14-15)32(29,30)25(22(26)17-8-4-3-5-9-17)23-21-18-10-6-7-11-20(18)31(27,28)24-21/h3-14H,1-2H3,(H,23,24). The van der Waals surface area contributed by atoms with Crippen LogP contribution in [-0.4, -0.2) is 33.0 Å². The minimum Gasteiger partial charge on any atom is -0.266 e. The third-order valence-corrected chi connectivity index (χ3v) is 7.98. The predicted molar refractivity (Wildman–Crippen MR) is 119 cm³/mol. The summed E-state index contributed by atoms with van der Waals surface area (Å²) in [5, 5.41) is 0. The van der Waals surface area contributed by atoms with E-state index in [1.165, 1.54) is 36.4 Å². The smallest absolute Gasteiger partial charge is 0.266 e. The van der Waals surface area contributed by atoms with E-state index in [4.69, 9.17) is 0 Å². The number of rotatable bonds is 3.